The molecule has 0 radical (unpaired) electrons. The molecule has 120 valence electrons. The molecule has 1 fully saturated rings. The second-order valence-corrected chi connectivity index (χ2v) is 6.32. The highest BCUT2D eigenvalue weighted by atomic mass is 35.5. The molecule has 7 heteroatoms. The number of nitrogens with one attached hydrogen (secondary N) is 1. The molecule has 2 rings (SSSR count). The molecule has 1 aromatic rings. The highest BCUT2D eigenvalue weighted by Gasteiger charge is 2.28. The van der Waals surface area contributed by atoms with E-state index in [2.05, 4.69) is 5.32 Å². The van der Waals surface area contributed by atoms with E-state index in [1.165, 1.54) is 0 Å². The maximum Gasteiger partial charge on any atom is 0.310 e. The summed E-state index contributed by atoms with van der Waals surface area (Å²) in [4.78, 5) is 13.8. The van der Waals surface area contributed by atoms with Crippen molar-refractivity contribution in [3.05, 3.63) is 28.2 Å². The van der Waals surface area contributed by atoms with Gasteiger partial charge in [-0.1, -0.05) is 23.2 Å². The van der Waals surface area contributed by atoms with Crippen molar-refractivity contribution in [2.75, 3.05) is 25.0 Å². The van der Waals surface area contributed by atoms with E-state index in [4.69, 9.17) is 40.2 Å². The van der Waals surface area contributed by atoms with E-state index >= 15 is 0 Å². The topological polar surface area (TPSA) is 41.6 Å². The number of rotatable bonds is 3. The number of carbonyl (C=O) groups is 1. The lowest BCUT2D eigenvalue weighted by Gasteiger charge is -2.33. The van der Waals surface area contributed by atoms with E-state index < -0.39 is 0 Å². The van der Waals surface area contributed by atoms with Gasteiger partial charge in [0.15, 0.2) is 5.11 Å². The molecule has 1 unspecified atom stereocenters. The van der Waals surface area contributed by atoms with Gasteiger partial charge >= 0.3 is 5.97 Å². The molecule has 1 saturated heterocycles. The first-order valence-electron chi connectivity index (χ1n) is 7.19. The van der Waals surface area contributed by atoms with Crippen molar-refractivity contribution in [3.63, 3.8) is 0 Å². The fourth-order valence-electron chi connectivity index (χ4n) is 2.40. The Hall–Kier alpha value is -1.04. The molecule has 0 saturated carbocycles. The number of anilines is 1. The third kappa shape index (κ3) is 4.48. The van der Waals surface area contributed by atoms with Crippen molar-refractivity contribution >= 4 is 52.2 Å². The maximum absolute atomic E-state index is 11.9. The molecule has 0 aliphatic carbocycles. The Morgan fingerprint density at radius 3 is 2.95 bits per heavy atom. The molecule has 1 aliphatic rings. The summed E-state index contributed by atoms with van der Waals surface area (Å²) in [6, 6.07) is 5.19. The zero-order valence-electron chi connectivity index (χ0n) is 12.3. The second-order valence-electron chi connectivity index (χ2n) is 5.09. The number of nitrogens with zero attached hydrogens (tertiary/aromatic N) is 1. The minimum atomic E-state index is -0.153. The summed E-state index contributed by atoms with van der Waals surface area (Å²) in [5, 5.41) is 4.75. The molecule has 1 atom stereocenters. The van der Waals surface area contributed by atoms with Gasteiger partial charge in [-0.05, 0) is 50.2 Å². The van der Waals surface area contributed by atoms with Crippen LogP contribution in [0.5, 0.6) is 0 Å². The van der Waals surface area contributed by atoms with E-state index in [0.717, 1.165) is 19.4 Å². The molecule has 1 N–H and O–H groups in total. The predicted molar refractivity (Wildman–Crippen MR) is 93.6 cm³/mol. The molecular weight excluding hydrogens is 343 g/mol. The lowest BCUT2D eigenvalue weighted by molar-refractivity contribution is -0.149. The van der Waals surface area contributed by atoms with Crippen molar-refractivity contribution in [2.24, 2.45) is 5.92 Å². The van der Waals surface area contributed by atoms with Crippen LogP contribution in [0.2, 0.25) is 10.0 Å². The largest absolute Gasteiger partial charge is 0.466 e. The van der Waals surface area contributed by atoms with Gasteiger partial charge in [-0.3, -0.25) is 4.79 Å². The standard InChI is InChI=1S/C15H18Cl2N2O2S/c1-2-21-14(20)10-4-3-7-19(9-10)15(22)18-13-6-5-11(16)8-12(13)17/h5-6,8,10H,2-4,7,9H2,1H3,(H,18,22). The third-order valence-electron chi connectivity index (χ3n) is 3.50. The molecule has 1 aromatic carbocycles. The normalized spacial score (nSPS) is 18.0. The molecular formula is C15H18Cl2N2O2S. The summed E-state index contributed by atoms with van der Waals surface area (Å²) in [5.74, 6) is -0.284. The van der Waals surface area contributed by atoms with Crippen LogP contribution >= 0.6 is 35.4 Å². The first-order chi connectivity index (χ1) is 10.5. The maximum atomic E-state index is 11.9. The van der Waals surface area contributed by atoms with Crippen molar-refractivity contribution in [1.29, 1.82) is 0 Å². The van der Waals surface area contributed by atoms with E-state index in [1.54, 1.807) is 18.2 Å². The fourth-order valence-corrected chi connectivity index (χ4v) is 3.13. The Kier molecular flexibility index (Phi) is 6.29. The Morgan fingerprint density at radius 2 is 2.27 bits per heavy atom. The minimum absolute atomic E-state index is 0.130. The van der Waals surface area contributed by atoms with Gasteiger partial charge in [0.2, 0.25) is 0 Å². The Morgan fingerprint density at radius 1 is 1.50 bits per heavy atom. The van der Waals surface area contributed by atoms with E-state index in [-0.39, 0.29) is 11.9 Å². The number of hydrogen-bond donors (Lipinski definition) is 1. The number of hydrogen-bond acceptors (Lipinski definition) is 3. The quantitative estimate of drug-likeness (QED) is 0.652. The number of likely N-dealkylation sites (tertiary alicyclic amines) is 1. The molecule has 0 aromatic heterocycles. The smallest absolute Gasteiger partial charge is 0.310 e. The third-order valence-corrected chi connectivity index (χ3v) is 4.41. The number of piperidine rings is 1. The van der Waals surface area contributed by atoms with Crippen LogP contribution in [-0.2, 0) is 9.53 Å². The molecule has 0 spiro atoms. The van der Waals surface area contributed by atoms with Gasteiger partial charge in [0.25, 0.3) is 0 Å². The number of thiocarbonyl (C=S) groups is 1. The van der Waals surface area contributed by atoms with Gasteiger partial charge in [-0.15, -0.1) is 0 Å². The monoisotopic (exact) mass is 360 g/mol. The molecule has 0 bridgehead atoms. The summed E-state index contributed by atoms with van der Waals surface area (Å²) < 4.78 is 5.09. The fraction of sp³-hybridized carbons (Fsp3) is 0.467. The lowest BCUT2D eigenvalue weighted by atomic mass is 9.98. The number of carbonyl (C=O) groups excluding carboxylic acids is 1. The summed E-state index contributed by atoms with van der Waals surface area (Å²) in [5.41, 5.74) is 0.703. The van der Waals surface area contributed by atoms with Gasteiger partial charge in [-0.2, -0.15) is 0 Å². The van der Waals surface area contributed by atoms with Crippen LogP contribution in [-0.4, -0.2) is 35.7 Å². The van der Waals surface area contributed by atoms with E-state index in [1.807, 2.05) is 11.8 Å². The van der Waals surface area contributed by atoms with Gasteiger partial charge in [0.1, 0.15) is 0 Å². The zero-order valence-corrected chi connectivity index (χ0v) is 14.6. The summed E-state index contributed by atoms with van der Waals surface area (Å²) >= 11 is 17.4. The highest BCUT2D eigenvalue weighted by molar-refractivity contribution is 7.80. The Balaban J connectivity index is 1.98. The van der Waals surface area contributed by atoms with Gasteiger partial charge in [0.05, 0.1) is 23.2 Å². The zero-order chi connectivity index (χ0) is 16.1. The second kappa shape index (κ2) is 7.99. The number of esters is 1. The molecule has 1 heterocycles. The molecule has 4 nitrogen and oxygen atoms in total. The van der Waals surface area contributed by atoms with Crippen LogP contribution in [0, 0.1) is 5.92 Å². The Labute approximate surface area is 145 Å². The SMILES string of the molecule is CCOC(=O)C1CCCN(C(=S)Nc2ccc(Cl)cc2Cl)C1. The van der Waals surface area contributed by atoms with Crippen molar-refractivity contribution in [2.45, 2.75) is 19.8 Å². The van der Waals surface area contributed by atoms with Crippen molar-refractivity contribution < 1.29 is 9.53 Å². The van der Waals surface area contributed by atoms with Crippen molar-refractivity contribution in [3.8, 4) is 0 Å². The average Bonchev–Trinajstić information content (AvgIpc) is 2.50. The number of halogens is 2. The van der Waals surface area contributed by atoms with Gasteiger partial charge in [-0.25, -0.2) is 0 Å². The Bertz CT molecular complexity index is 568. The van der Waals surface area contributed by atoms with Crippen LogP contribution in [0.4, 0.5) is 5.69 Å². The summed E-state index contributed by atoms with van der Waals surface area (Å²) in [6.07, 6.45) is 1.74. The first kappa shape index (κ1) is 17.3. The van der Waals surface area contributed by atoms with Gasteiger partial charge < -0.3 is 15.0 Å². The molecule has 0 amide bonds. The van der Waals surface area contributed by atoms with Crippen LogP contribution in [0.1, 0.15) is 19.8 Å². The van der Waals surface area contributed by atoms with Crippen LogP contribution in [0.3, 0.4) is 0 Å². The van der Waals surface area contributed by atoms with Crippen LogP contribution < -0.4 is 5.32 Å². The first-order valence-corrected chi connectivity index (χ1v) is 8.35. The molecule has 22 heavy (non-hydrogen) atoms. The van der Waals surface area contributed by atoms with Crippen LogP contribution in [0.25, 0.3) is 0 Å². The lowest BCUT2D eigenvalue weighted by Crippen LogP contribution is -2.44. The summed E-state index contributed by atoms with van der Waals surface area (Å²) in [7, 11) is 0. The molecule has 1 aliphatic heterocycles. The summed E-state index contributed by atoms with van der Waals surface area (Å²) in [6.45, 7) is 3.59. The predicted octanol–water partition coefficient (Wildman–Crippen LogP) is 3.97. The van der Waals surface area contributed by atoms with Crippen molar-refractivity contribution in [1.82, 2.24) is 4.90 Å². The number of benzene rings is 1. The minimum Gasteiger partial charge on any atom is -0.466 e. The highest BCUT2D eigenvalue weighted by Crippen LogP contribution is 2.26. The van der Waals surface area contributed by atoms with E-state index in [9.17, 15) is 4.79 Å². The number of ether oxygens (including phenoxy) is 1. The van der Waals surface area contributed by atoms with Gasteiger partial charge in [0, 0.05) is 18.1 Å². The van der Waals surface area contributed by atoms with E-state index in [0.29, 0.717) is 34.0 Å². The van der Waals surface area contributed by atoms with Crippen LogP contribution in [0.15, 0.2) is 18.2 Å². The average molecular weight is 361 g/mol.